The van der Waals surface area contributed by atoms with Crippen LogP contribution in [0.5, 0.6) is 11.6 Å². The number of hydrogen-bond acceptors (Lipinski definition) is 4. The normalized spacial score (nSPS) is 13.9. The van der Waals surface area contributed by atoms with Gasteiger partial charge in [-0.2, -0.15) is 0 Å². The molecule has 0 unspecified atom stereocenters. The molecule has 1 fully saturated rings. The van der Waals surface area contributed by atoms with E-state index in [1.807, 2.05) is 36.2 Å². The lowest BCUT2D eigenvalue weighted by Crippen LogP contribution is -2.43. The highest BCUT2D eigenvalue weighted by molar-refractivity contribution is 9.10. The molecular formula is C18H22BrCl2N3O2. The van der Waals surface area contributed by atoms with Crippen molar-refractivity contribution in [2.75, 3.05) is 20.1 Å². The molecule has 0 radical (unpaired) electrons. The molecule has 0 atom stereocenters. The van der Waals surface area contributed by atoms with Crippen LogP contribution >= 0.6 is 40.7 Å². The van der Waals surface area contributed by atoms with Gasteiger partial charge < -0.3 is 15.0 Å². The quantitative estimate of drug-likeness (QED) is 0.735. The van der Waals surface area contributed by atoms with Gasteiger partial charge in [-0.25, -0.2) is 4.98 Å². The number of nitrogens with one attached hydrogen (secondary N) is 1. The van der Waals surface area contributed by atoms with E-state index in [2.05, 4.69) is 26.2 Å². The van der Waals surface area contributed by atoms with E-state index >= 15 is 0 Å². The third kappa shape index (κ3) is 5.84. The lowest BCUT2D eigenvalue weighted by molar-refractivity contribution is 0.0703. The first kappa shape index (κ1) is 22.7. The number of amides is 1. The third-order valence-electron chi connectivity index (χ3n) is 4.20. The maximum atomic E-state index is 12.6. The average molecular weight is 463 g/mol. The Hall–Kier alpha value is -1.34. The summed E-state index contributed by atoms with van der Waals surface area (Å²) in [7, 11) is 1.87. The first-order valence-corrected chi connectivity index (χ1v) is 8.80. The summed E-state index contributed by atoms with van der Waals surface area (Å²) in [5, 5.41) is 3.31. The molecule has 1 aromatic carbocycles. The van der Waals surface area contributed by atoms with Gasteiger partial charge >= 0.3 is 0 Å². The van der Waals surface area contributed by atoms with Crippen molar-refractivity contribution in [1.29, 1.82) is 0 Å². The Morgan fingerprint density at radius 1 is 1.15 bits per heavy atom. The summed E-state index contributed by atoms with van der Waals surface area (Å²) in [6.45, 7) is 1.92. The summed E-state index contributed by atoms with van der Waals surface area (Å²) < 4.78 is 6.67. The van der Waals surface area contributed by atoms with Crippen LogP contribution in [0.2, 0.25) is 0 Å². The SMILES string of the molecule is CN(C(=O)c1ccc(Oc2ccc(Br)cc2)nc1)C1CCNCC1.Cl.Cl. The summed E-state index contributed by atoms with van der Waals surface area (Å²) in [5.41, 5.74) is 0.583. The van der Waals surface area contributed by atoms with E-state index in [0.717, 1.165) is 30.4 Å². The molecule has 26 heavy (non-hydrogen) atoms. The largest absolute Gasteiger partial charge is 0.439 e. The van der Waals surface area contributed by atoms with Crippen LogP contribution in [-0.4, -0.2) is 42.0 Å². The van der Waals surface area contributed by atoms with E-state index in [1.165, 1.54) is 0 Å². The summed E-state index contributed by atoms with van der Waals surface area (Å²) in [4.78, 5) is 18.6. The van der Waals surface area contributed by atoms with Crippen molar-refractivity contribution in [3.8, 4) is 11.6 Å². The second kappa shape index (κ2) is 10.7. The number of aromatic nitrogens is 1. The van der Waals surface area contributed by atoms with Gasteiger partial charge in [0, 0.05) is 29.8 Å². The van der Waals surface area contributed by atoms with Gasteiger partial charge in [0.2, 0.25) is 5.88 Å². The van der Waals surface area contributed by atoms with Crippen molar-refractivity contribution in [2.24, 2.45) is 0 Å². The molecule has 5 nitrogen and oxygen atoms in total. The Morgan fingerprint density at radius 2 is 1.81 bits per heavy atom. The van der Waals surface area contributed by atoms with Gasteiger partial charge in [-0.3, -0.25) is 4.79 Å². The smallest absolute Gasteiger partial charge is 0.255 e. The van der Waals surface area contributed by atoms with Crippen LogP contribution in [0, 0.1) is 0 Å². The Kier molecular flexibility index (Phi) is 9.36. The number of rotatable bonds is 4. The molecule has 1 amide bonds. The molecule has 0 saturated carbocycles. The minimum Gasteiger partial charge on any atom is -0.439 e. The summed E-state index contributed by atoms with van der Waals surface area (Å²) in [6.07, 6.45) is 3.55. The Morgan fingerprint density at radius 3 is 2.38 bits per heavy atom. The van der Waals surface area contributed by atoms with E-state index in [-0.39, 0.29) is 36.8 Å². The topological polar surface area (TPSA) is 54.5 Å². The van der Waals surface area contributed by atoms with Crippen LogP contribution < -0.4 is 10.1 Å². The molecule has 1 saturated heterocycles. The maximum absolute atomic E-state index is 12.6. The predicted molar refractivity (Wildman–Crippen MR) is 111 cm³/mol. The van der Waals surface area contributed by atoms with Crippen molar-refractivity contribution in [1.82, 2.24) is 15.2 Å². The molecular weight excluding hydrogens is 441 g/mol. The van der Waals surface area contributed by atoms with Crippen LogP contribution in [0.3, 0.4) is 0 Å². The lowest BCUT2D eigenvalue weighted by atomic mass is 10.0. The van der Waals surface area contributed by atoms with E-state index in [9.17, 15) is 4.79 Å². The fraction of sp³-hybridized carbons (Fsp3) is 0.333. The monoisotopic (exact) mass is 461 g/mol. The number of hydrogen-bond donors (Lipinski definition) is 1. The van der Waals surface area contributed by atoms with Gasteiger partial charge in [-0.15, -0.1) is 24.8 Å². The van der Waals surface area contributed by atoms with Crippen LogP contribution in [0.15, 0.2) is 47.1 Å². The molecule has 1 N–H and O–H groups in total. The summed E-state index contributed by atoms with van der Waals surface area (Å²) >= 11 is 3.39. The first-order valence-electron chi connectivity index (χ1n) is 8.01. The van der Waals surface area contributed by atoms with Gasteiger partial charge in [0.25, 0.3) is 5.91 Å². The molecule has 8 heteroatoms. The fourth-order valence-corrected chi connectivity index (χ4v) is 3.02. The zero-order valence-electron chi connectivity index (χ0n) is 14.4. The van der Waals surface area contributed by atoms with Gasteiger partial charge in [0.15, 0.2) is 0 Å². The number of piperidine rings is 1. The molecule has 2 heterocycles. The van der Waals surface area contributed by atoms with E-state index < -0.39 is 0 Å². The number of nitrogens with zero attached hydrogens (tertiary/aromatic N) is 2. The summed E-state index contributed by atoms with van der Waals surface area (Å²) in [6, 6.07) is 11.3. The van der Waals surface area contributed by atoms with E-state index in [1.54, 1.807) is 18.3 Å². The third-order valence-corrected chi connectivity index (χ3v) is 4.72. The molecule has 1 aliphatic heterocycles. The second-order valence-electron chi connectivity index (χ2n) is 5.84. The molecule has 0 aliphatic carbocycles. The van der Waals surface area contributed by atoms with Gasteiger partial charge in [0.05, 0.1) is 5.56 Å². The molecule has 3 rings (SSSR count). The van der Waals surface area contributed by atoms with Gasteiger partial charge in [0.1, 0.15) is 5.75 Å². The van der Waals surface area contributed by atoms with Crippen LogP contribution in [0.1, 0.15) is 23.2 Å². The van der Waals surface area contributed by atoms with Crippen molar-refractivity contribution < 1.29 is 9.53 Å². The van der Waals surface area contributed by atoms with Gasteiger partial charge in [-0.1, -0.05) is 15.9 Å². The molecule has 0 bridgehead atoms. The van der Waals surface area contributed by atoms with E-state index in [4.69, 9.17) is 4.74 Å². The number of benzene rings is 1. The molecule has 1 aliphatic rings. The average Bonchev–Trinajstić information content (AvgIpc) is 2.64. The molecule has 0 spiro atoms. The van der Waals surface area contributed by atoms with Crippen molar-refractivity contribution in [3.05, 3.63) is 52.6 Å². The number of pyridine rings is 1. The standard InChI is InChI=1S/C18H20BrN3O2.2ClH/c1-22(15-8-10-20-11-9-15)18(23)13-2-7-17(21-12-13)24-16-5-3-14(19)4-6-16;;/h2-7,12,15,20H,8-11H2,1H3;2*1H. The molecule has 2 aromatic rings. The zero-order chi connectivity index (χ0) is 16.9. The Labute approximate surface area is 174 Å². The zero-order valence-corrected chi connectivity index (χ0v) is 17.6. The van der Waals surface area contributed by atoms with Crippen LogP contribution in [-0.2, 0) is 0 Å². The number of carbonyl (C=O) groups is 1. The Bertz CT molecular complexity index is 693. The lowest BCUT2D eigenvalue weighted by Gasteiger charge is -2.31. The van der Waals surface area contributed by atoms with Crippen molar-refractivity contribution >= 4 is 46.7 Å². The van der Waals surface area contributed by atoms with Crippen LogP contribution in [0.4, 0.5) is 0 Å². The number of ether oxygens (including phenoxy) is 1. The highest BCUT2D eigenvalue weighted by atomic mass is 79.9. The highest BCUT2D eigenvalue weighted by Gasteiger charge is 2.23. The van der Waals surface area contributed by atoms with Crippen molar-refractivity contribution in [3.63, 3.8) is 0 Å². The predicted octanol–water partition coefficient (Wildman–Crippen LogP) is 4.30. The molecule has 1 aromatic heterocycles. The number of carbonyl (C=O) groups excluding carboxylic acids is 1. The van der Waals surface area contributed by atoms with Crippen LogP contribution in [0.25, 0.3) is 0 Å². The number of halogens is 3. The Balaban J connectivity index is 0.00000169. The summed E-state index contributed by atoms with van der Waals surface area (Å²) in [5.74, 6) is 1.18. The second-order valence-corrected chi connectivity index (χ2v) is 6.75. The van der Waals surface area contributed by atoms with Gasteiger partial charge in [-0.05, 0) is 56.3 Å². The maximum Gasteiger partial charge on any atom is 0.255 e. The minimum absolute atomic E-state index is 0. The fourth-order valence-electron chi connectivity index (χ4n) is 2.75. The van der Waals surface area contributed by atoms with Crippen molar-refractivity contribution in [2.45, 2.75) is 18.9 Å². The minimum atomic E-state index is 0. The van der Waals surface area contributed by atoms with E-state index in [0.29, 0.717) is 17.2 Å². The molecule has 142 valence electrons. The highest BCUT2D eigenvalue weighted by Crippen LogP contribution is 2.22. The first-order chi connectivity index (χ1) is 11.6.